The van der Waals surface area contributed by atoms with Crippen molar-refractivity contribution in [1.29, 1.82) is 0 Å². The zero-order valence-corrected chi connectivity index (χ0v) is 18.0. The van der Waals surface area contributed by atoms with Gasteiger partial charge in [-0.3, -0.25) is 4.90 Å². The fraction of sp³-hybridized carbons (Fsp3) is 0.455. The lowest BCUT2D eigenvalue weighted by Gasteiger charge is -2.37. The smallest absolute Gasteiger partial charge is 0.352 e. The summed E-state index contributed by atoms with van der Waals surface area (Å²) in [5.74, 6) is 0.768. The number of piperazine rings is 1. The third kappa shape index (κ3) is 4.93. The number of aromatic amines is 1. The molecule has 0 atom stereocenters. The minimum atomic E-state index is -1.03. The van der Waals surface area contributed by atoms with Crippen LogP contribution in [0.3, 0.4) is 0 Å². The average Bonchev–Trinajstić information content (AvgIpc) is 3.22. The Morgan fingerprint density at radius 2 is 1.94 bits per heavy atom. The summed E-state index contributed by atoms with van der Waals surface area (Å²) in [7, 11) is 0. The Morgan fingerprint density at radius 1 is 1.16 bits per heavy atom. The summed E-state index contributed by atoms with van der Waals surface area (Å²) in [4.78, 5) is 31.9. The molecule has 164 valence electrons. The first-order valence-electron chi connectivity index (χ1n) is 10.8. The highest BCUT2D eigenvalue weighted by atomic mass is 16.4. The van der Waals surface area contributed by atoms with E-state index in [1.165, 1.54) is 25.5 Å². The SMILES string of the molecule is CCC(CC)CN1CCN(c2ccc(Nc3ncc4cc(C(=O)O)[nH]c4n3)nc2)CC1. The molecule has 1 fully saturated rings. The lowest BCUT2D eigenvalue weighted by atomic mass is 10.0. The largest absolute Gasteiger partial charge is 0.477 e. The molecule has 3 aromatic heterocycles. The second-order valence-corrected chi connectivity index (χ2v) is 7.98. The van der Waals surface area contributed by atoms with E-state index >= 15 is 0 Å². The number of fused-ring (bicyclic) bond motifs is 1. The maximum absolute atomic E-state index is 11.1. The molecular formula is C22H29N7O2. The molecule has 0 aliphatic carbocycles. The summed E-state index contributed by atoms with van der Waals surface area (Å²) in [6.45, 7) is 9.93. The standard InChI is InChI=1S/C22H29N7O2/c1-3-15(4-2)14-28-7-9-29(10-8-28)17-5-6-19(23-13-17)26-22-24-12-16-11-18(21(30)31)25-20(16)27-22/h5-6,11-13,15H,3-4,7-10,14H2,1-2H3,(H,30,31)(H2,23,24,25,26,27). The van der Waals surface area contributed by atoms with E-state index in [9.17, 15) is 4.79 Å². The van der Waals surface area contributed by atoms with E-state index < -0.39 is 5.97 Å². The van der Waals surface area contributed by atoms with Gasteiger partial charge in [0.25, 0.3) is 0 Å². The minimum absolute atomic E-state index is 0.0870. The van der Waals surface area contributed by atoms with Gasteiger partial charge in [0.2, 0.25) is 5.95 Å². The van der Waals surface area contributed by atoms with Crippen LogP contribution >= 0.6 is 0 Å². The number of hydrogen-bond donors (Lipinski definition) is 3. The third-order valence-electron chi connectivity index (χ3n) is 6.00. The molecule has 0 bridgehead atoms. The van der Waals surface area contributed by atoms with Crippen molar-refractivity contribution in [2.45, 2.75) is 26.7 Å². The molecule has 0 spiro atoms. The van der Waals surface area contributed by atoms with Crippen molar-refractivity contribution in [1.82, 2.24) is 24.8 Å². The first kappa shape index (κ1) is 21.0. The van der Waals surface area contributed by atoms with Crippen LogP contribution in [0.5, 0.6) is 0 Å². The zero-order valence-electron chi connectivity index (χ0n) is 18.0. The Bertz CT molecular complexity index is 1020. The van der Waals surface area contributed by atoms with Gasteiger partial charge in [0.05, 0.1) is 11.9 Å². The molecule has 3 N–H and O–H groups in total. The predicted octanol–water partition coefficient (Wildman–Crippen LogP) is 3.35. The lowest BCUT2D eigenvalue weighted by molar-refractivity contribution is 0.0691. The molecule has 0 radical (unpaired) electrons. The number of H-pyrrole nitrogens is 1. The van der Waals surface area contributed by atoms with Crippen molar-refractivity contribution >= 4 is 34.5 Å². The average molecular weight is 424 g/mol. The van der Waals surface area contributed by atoms with Gasteiger partial charge in [-0.05, 0) is 24.1 Å². The fourth-order valence-electron chi connectivity index (χ4n) is 3.95. The molecule has 3 aromatic rings. The van der Waals surface area contributed by atoms with Gasteiger partial charge in [0.1, 0.15) is 17.2 Å². The molecule has 0 amide bonds. The lowest BCUT2D eigenvalue weighted by Crippen LogP contribution is -2.47. The molecule has 4 rings (SSSR count). The Morgan fingerprint density at radius 3 is 2.58 bits per heavy atom. The second-order valence-electron chi connectivity index (χ2n) is 7.98. The van der Waals surface area contributed by atoms with Crippen LogP contribution in [0.2, 0.25) is 0 Å². The highest BCUT2D eigenvalue weighted by Gasteiger charge is 2.19. The van der Waals surface area contributed by atoms with Gasteiger partial charge >= 0.3 is 5.97 Å². The number of aromatic carboxylic acids is 1. The van der Waals surface area contributed by atoms with Crippen molar-refractivity contribution in [3.05, 3.63) is 36.3 Å². The summed E-state index contributed by atoms with van der Waals surface area (Å²) >= 11 is 0. The summed E-state index contributed by atoms with van der Waals surface area (Å²) in [6, 6.07) is 5.48. The van der Waals surface area contributed by atoms with Gasteiger partial charge in [-0.2, -0.15) is 4.98 Å². The maximum Gasteiger partial charge on any atom is 0.352 e. The number of carboxylic acid groups (broad SMARTS) is 1. The van der Waals surface area contributed by atoms with Crippen molar-refractivity contribution in [2.24, 2.45) is 5.92 Å². The first-order chi connectivity index (χ1) is 15.1. The molecule has 9 heteroatoms. The number of pyridine rings is 1. The van der Waals surface area contributed by atoms with Gasteiger partial charge in [-0.25, -0.2) is 14.8 Å². The number of nitrogens with zero attached hydrogens (tertiary/aromatic N) is 5. The number of carbonyl (C=O) groups is 1. The van der Waals surface area contributed by atoms with E-state index in [-0.39, 0.29) is 5.69 Å². The van der Waals surface area contributed by atoms with Gasteiger partial charge < -0.3 is 20.3 Å². The Balaban J connectivity index is 1.35. The van der Waals surface area contributed by atoms with Crippen molar-refractivity contribution < 1.29 is 9.90 Å². The summed E-state index contributed by atoms with van der Waals surface area (Å²) in [6.07, 6.45) is 5.95. The van der Waals surface area contributed by atoms with Crippen LogP contribution < -0.4 is 10.2 Å². The van der Waals surface area contributed by atoms with Gasteiger partial charge in [0.15, 0.2) is 0 Å². The molecular weight excluding hydrogens is 394 g/mol. The van der Waals surface area contributed by atoms with Crippen molar-refractivity contribution in [3.8, 4) is 0 Å². The van der Waals surface area contributed by atoms with Crippen LogP contribution in [0.25, 0.3) is 11.0 Å². The molecule has 0 unspecified atom stereocenters. The maximum atomic E-state index is 11.1. The topological polar surface area (TPSA) is 110 Å². The van der Waals surface area contributed by atoms with Crippen LogP contribution in [0.15, 0.2) is 30.6 Å². The molecule has 4 heterocycles. The molecule has 0 saturated carbocycles. The molecule has 1 saturated heterocycles. The van der Waals surface area contributed by atoms with Crippen LogP contribution in [0.4, 0.5) is 17.5 Å². The molecule has 1 aliphatic heterocycles. The van der Waals surface area contributed by atoms with Crippen molar-refractivity contribution in [2.75, 3.05) is 42.9 Å². The van der Waals surface area contributed by atoms with Crippen LogP contribution in [-0.4, -0.2) is 68.6 Å². The van der Waals surface area contributed by atoms with Gasteiger partial charge in [0, 0.05) is 44.3 Å². The van der Waals surface area contributed by atoms with Gasteiger partial charge in [-0.1, -0.05) is 26.7 Å². The van der Waals surface area contributed by atoms with E-state index in [0.717, 1.165) is 37.8 Å². The van der Waals surface area contributed by atoms with Crippen LogP contribution in [0.1, 0.15) is 37.2 Å². The first-order valence-corrected chi connectivity index (χ1v) is 10.8. The number of anilines is 3. The number of hydrogen-bond acceptors (Lipinski definition) is 7. The predicted molar refractivity (Wildman–Crippen MR) is 121 cm³/mol. The number of nitrogens with one attached hydrogen (secondary N) is 2. The highest BCUT2D eigenvalue weighted by molar-refractivity contribution is 5.92. The number of carboxylic acids is 1. The van der Waals surface area contributed by atoms with Crippen LogP contribution in [0, 0.1) is 5.92 Å². The molecule has 31 heavy (non-hydrogen) atoms. The molecule has 9 nitrogen and oxygen atoms in total. The Kier molecular flexibility index (Phi) is 6.31. The number of aromatic nitrogens is 4. The Labute approximate surface area is 181 Å². The fourth-order valence-corrected chi connectivity index (χ4v) is 3.95. The van der Waals surface area contributed by atoms with Crippen molar-refractivity contribution in [3.63, 3.8) is 0 Å². The van der Waals surface area contributed by atoms with Gasteiger partial charge in [-0.15, -0.1) is 0 Å². The molecule has 0 aromatic carbocycles. The summed E-state index contributed by atoms with van der Waals surface area (Å²) in [5.41, 5.74) is 1.67. The van der Waals surface area contributed by atoms with E-state index in [4.69, 9.17) is 5.11 Å². The van der Waals surface area contributed by atoms with E-state index in [0.29, 0.717) is 22.8 Å². The van der Waals surface area contributed by atoms with E-state index in [1.807, 2.05) is 12.3 Å². The quantitative estimate of drug-likeness (QED) is 0.506. The van der Waals surface area contributed by atoms with E-state index in [2.05, 4.69) is 55.0 Å². The Hall–Kier alpha value is -3.20. The second kappa shape index (κ2) is 9.30. The van der Waals surface area contributed by atoms with E-state index in [1.54, 1.807) is 6.20 Å². The number of rotatable bonds is 8. The zero-order chi connectivity index (χ0) is 21.8. The normalized spacial score (nSPS) is 15.0. The summed E-state index contributed by atoms with van der Waals surface area (Å²) < 4.78 is 0. The minimum Gasteiger partial charge on any atom is -0.477 e. The summed E-state index contributed by atoms with van der Waals surface area (Å²) in [5, 5.41) is 12.8. The third-order valence-corrected chi connectivity index (χ3v) is 6.00. The molecule has 1 aliphatic rings. The highest BCUT2D eigenvalue weighted by Crippen LogP contribution is 2.21. The monoisotopic (exact) mass is 423 g/mol. The van der Waals surface area contributed by atoms with Crippen LogP contribution in [-0.2, 0) is 0 Å².